The topological polar surface area (TPSA) is 70.1 Å². The lowest BCUT2D eigenvalue weighted by molar-refractivity contribution is -0.117. The summed E-state index contributed by atoms with van der Waals surface area (Å²) in [5, 5.41) is 20.9. The summed E-state index contributed by atoms with van der Waals surface area (Å²) in [6.07, 6.45) is 7.31. The van der Waals surface area contributed by atoms with Crippen LogP contribution >= 0.6 is 0 Å². The number of rotatable bonds is 1. The predicted octanol–water partition coefficient (Wildman–Crippen LogP) is 1.84. The van der Waals surface area contributed by atoms with Crippen LogP contribution in [0.3, 0.4) is 0 Å². The SMILES string of the molecule is C[C@]12CC[C@H]3[C@@H](CCC4=CC(=O)[C@H]5O[C@H]5[C@@]43CO)[C@@H]1CC[C@@H]2O. The minimum atomic E-state index is -0.323. The molecule has 4 heteroatoms. The highest BCUT2D eigenvalue weighted by molar-refractivity contribution is 5.98. The average Bonchev–Trinajstić information content (AvgIpc) is 3.29. The van der Waals surface area contributed by atoms with Crippen LogP contribution in [-0.4, -0.2) is 40.9 Å². The minimum absolute atomic E-state index is 0.0489. The Morgan fingerprint density at radius 2 is 2.09 bits per heavy atom. The van der Waals surface area contributed by atoms with Crippen molar-refractivity contribution in [1.29, 1.82) is 0 Å². The fraction of sp³-hybridized carbons (Fsp3) is 0.842. The highest BCUT2D eigenvalue weighted by atomic mass is 16.6. The highest BCUT2D eigenvalue weighted by Gasteiger charge is 2.69. The molecule has 4 fully saturated rings. The smallest absolute Gasteiger partial charge is 0.187 e. The van der Waals surface area contributed by atoms with Gasteiger partial charge in [-0.3, -0.25) is 4.79 Å². The van der Waals surface area contributed by atoms with Crippen molar-refractivity contribution < 1.29 is 19.7 Å². The van der Waals surface area contributed by atoms with Gasteiger partial charge in [0.2, 0.25) is 0 Å². The number of epoxide rings is 1. The summed E-state index contributed by atoms with van der Waals surface area (Å²) in [6.45, 7) is 2.36. The monoisotopic (exact) mass is 318 g/mol. The molecule has 0 unspecified atom stereocenters. The third-order valence-corrected chi connectivity index (χ3v) is 8.25. The van der Waals surface area contributed by atoms with Gasteiger partial charge in [-0.05, 0) is 67.8 Å². The van der Waals surface area contributed by atoms with Gasteiger partial charge in [0.25, 0.3) is 0 Å². The Kier molecular flexibility index (Phi) is 2.84. The van der Waals surface area contributed by atoms with E-state index in [2.05, 4.69) is 6.92 Å². The first kappa shape index (κ1) is 14.6. The van der Waals surface area contributed by atoms with Crippen LogP contribution in [0.15, 0.2) is 11.6 Å². The zero-order chi connectivity index (χ0) is 16.0. The summed E-state index contributed by atoms with van der Waals surface area (Å²) in [5.41, 5.74) is 0.871. The van der Waals surface area contributed by atoms with E-state index < -0.39 is 0 Å². The average molecular weight is 318 g/mol. The zero-order valence-corrected chi connectivity index (χ0v) is 13.7. The molecule has 0 aromatic heterocycles. The van der Waals surface area contributed by atoms with Crippen molar-refractivity contribution in [2.24, 2.45) is 28.6 Å². The second-order valence-electron chi connectivity index (χ2n) is 8.80. The van der Waals surface area contributed by atoms with E-state index in [1.165, 1.54) is 0 Å². The Labute approximate surface area is 136 Å². The van der Waals surface area contributed by atoms with Crippen molar-refractivity contribution in [2.45, 2.75) is 63.8 Å². The quantitative estimate of drug-likeness (QED) is 0.724. The molecule has 0 spiro atoms. The Morgan fingerprint density at radius 3 is 2.87 bits per heavy atom. The Morgan fingerprint density at radius 1 is 1.26 bits per heavy atom. The molecule has 0 bridgehead atoms. The maximum atomic E-state index is 12.1. The molecule has 4 aliphatic carbocycles. The Hall–Kier alpha value is -0.710. The number of fused-ring (bicyclic) bond motifs is 7. The minimum Gasteiger partial charge on any atom is -0.395 e. The molecule has 3 saturated carbocycles. The van der Waals surface area contributed by atoms with Crippen molar-refractivity contribution in [2.75, 3.05) is 6.61 Å². The molecule has 5 rings (SSSR count). The Bertz CT molecular complexity index is 598. The summed E-state index contributed by atoms with van der Waals surface area (Å²) < 4.78 is 5.75. The van der Waals surface area contributed by atoms with Crippen LogP contribution in [0.1, 0.15) is 45.4 Å². The molecule has 1 saturated heterocycles. The molecule has 126 valence electrons. The molecule has 2 N–H and O–H groups in total. The number of carbonyl (C=O) groups excluding carboxylic acids is 1. The second kappa shape index (κ2) is 4.47. The predicted molar refractivity (Wildman–Crippen MR) is 83.6 cm³/mol. The molecule has 23 heavy (non-hydrogen) atoms. The molecule has 1 heterocycles. The molecular weight excluding hydrogens is 292 g/mol. The van der Waals surface area contributed by atoms with Crippen LogP contribution in [0, 0.1) is 28.6 Å². The number of ether oxygens (including phenoxy) is 1. The summed E-state index contributed by atoms with van der Waals surface area (Å²) in [6, 6.07) is 0. The molecule has 0 radical (unpaired) electrons. The van der Waals surface area contributed by atoms with Gasteiger partial charge in [-0.2, -0.15) is 0 Å². The standard InChI is InChI=1S/C19H26O4/c1-18-7-6-13-11(12(18)4-5-15(18)22)3-2-10-8-14(21)16-17(23-16)19(10,13)9-20/h8,11-13,15-17,20,22H,2-7,9H2,1H3/t11-,12-,13-,15-,16+,17+,18-,19-/m0/s1. The summed E-state index contributed by atoms with van der Waals surface area (Å²) >= 11 is 0. The van der Waals surface area contributed by atoms with E-state index in [1.807, 2.05) is 0 Å². The van der Waals surface area contributed by atoms with E-state index in [1.54, 1.807) is 6.08 Å². The zero-order valence-electron chi connectivity index (χ0n) is 13.7. The number of carbonyl (C=O) groups is 1. The van der Waals surface area contributed by atoms with Gasteiger partial charge in [-0.1, -0.05) is 12.5 Å². The molecule has 0 aromatic carbocycles. The molecular formula is C19H26O4. The van der Waals surface area contributed by atoms with Gasteiger partial charge in [0, 0.05) is 5.41 Å². The molecule has 1 aliphatic heterocycles. The summed E-state index contributed by atoms with van der Waals surface area (Å²) in [4.78, 5) is 12.1. The lowest BCUT2D eigenvalue weighted by Gasteiger charge is -2.57. The van der Waals surface area contributed by atoms with Crippen molar-refractivity contribution in [1.82, 2.24) is 0 Å². The first-order chi connectivity index (χ1) is 11.0. The molecule has 0 amide bonds. The highest BCUT2D eigenvalue weighted by Crippen LogP contribution is 2.67. The van der Waals surface area contributed by atoms with E-state index >= 15 is 0 Å². The molecule has 0 aromatic rings. The molecule has 4 nitrogen and oxygen atoms in total. The van der Waals surface area contributed by atoms with Crippen LogP contribution in [0.2, 0.25) is 0 Å². The van der Waals surface area contributed by atoms with Crippen LogP contribution in [0.5, 0.6) is 0 Å². The van der Waals surface area contributed by atoms with E-state index in [9.17, 15) is 15.0 Å². The number of hydrogen-bond acceptors (Lipinski definition) is 4. The maximum absolute atomic E-state index is 12.1. The van der Waals surface area contributed by atoms with Crippen LogP contribution in [0.25, 0.3) is 0 Å². The third-order valence-electron chi connectivity index (χ3n) is 8.25. The first-order valence-electron chi connectivity index (χ1n) is 9.21. The van der Waals surface area contributed by atoms with Crippen LogP contribution in [0.4, 0.5) is 0 Å². The van der Waals surface area contributed by atoms with Gasteiger partial charge >= 0.3 is 0 Å². The molecule has 5 aliphatic rings. The van der Waals surface area contributed by atoms with E-state index in [-0.39, 0.29) is 41.5 Å². The first-order valence-corrected chi connectivity index (χ1v) is 9.21. The van der Waals surface area contributed by atoms with Gasteiger partial charge < -0.3 is 14.9 Å². The van der Waals surface area contributed by atoms with Gasteiger partial charge in [0.15, 0.2) is 5.78 Å². The van der Waals surface area contributed by atoms with Crippen molar-refractivity contribution >= 4 is 5.78 Å². The van der Waals surface area contributed by atoms with Crippen molar-refractivity contribution in [3.8, 4) is 0 Å². The number of hydrogen-bond donors (Lipinski definition) is 2. The molecule has 8 atom stereocenters. The van der Waals surface area contributed by atoms with Gasteiger partial charge in [0.05, 0.1) is 12.7 Å². The Balaban J connectivity index is 1.57. The van der Waals surface area contributed by atoms with Gasteiger partial charge in [0.1, 0.15) is 12.2 Å². The normalized spacial score (nSPS) is 57.0. The van der Waals surface area contributed by atoms with Crippen LogP contribution < -0.4 is 0 Å². The van der Waals surface area contributed by atoms with Crippen LogP contribution in [-0.2, 0) is 9.53 Å². The second-order valence-corrected chi connectivity index (χ2v) is 8.80. The third kappa shape index (κ3) is 1.60. The number of aliphatic hydroxyl groups is 2. The lowest BCUT2D eigenvalue weighted by Crippen LogP contribution is -2.56. The largest absolute Gasteiger partial charge is 0.395 e. The van der Waals surface area contributed by atoms with E-state index in [4.69, 9.17) is 4.74 Å². The van der Waals surface area contributed by atoms with Gasteiger partial charge in [-0.15, -0.1) is 0 Å². The van der Waals surface area contributed by atoms with Crippen molar-refractivity contribution in [3.63, 3.8) is 0 Å². The van der Waals surface area contributed by atoms with E-state index in [0.29, 0.717) is 17.8 Å². The lowest BCUT2D eigenvalue weighted by atomic mass is 9.47. The van der Waals surface area contributed by atoms with Gasteiger partial charge in [-0.25, -0.2) is 0 Å². The summed E-state index contributed by atoms with van der Waals surface area (Å²) in [7, 11) is 0. The fourth-order valence-corrected chi connectivity index (χ4v) is 6.98. The maximum Gasteiger partial charge on any atom is 0.187 e. The van der Waals surface area contributed by atoms with Crippen molar-refractivity contribution in [3.05, 3.63) is 11.6 Å². The number of ketones is 1. The van der Waals surface area contributed by atoms with E-state index in [0.717, 1.165) is 44.1 Å². The fourth-order valence-electron chi connectivity index (χ4n) is 6.98. The summed E-state index contributed by atoms with van der Waals surface area (Å²) in [5.74, 6) is 1.60. The number of aliphatic hydroxyl groups excluding tert-OH is 2.